The fourth-order valence-corrected chi connectivity index (χ4v) is 3.24. The second kappa shape index (κ2) is 9.01. The molecule has 0 saturated heterocycles. The van der Waals surface area contributed by atoms with Gasteiger partial charge in [-0.3, -0.25) is 9.10 Å². The number of aryl methyl sites for hydroxylation is 1. The number of halogens is 2. The smallest absolute Gasteiger partial charge is 0.241 e. The molecule has 0 fully saturated rings. The van der Waals surface area contributed by atoms with Gasteiger partial charge in [-0.05, 0) is 38.1 Å². The first-order valence-electron chi connectivity index (χ1n) is 8.48. The van der Waals surface area contributed by atoms with Crippen LogP contribution in [0.4, 0.5) is 14.5 Å². The third-order valence-corrected chi connectivity index (χ3v) is 4.95. The Kier molecular flexibility index (Phi) is 6.95. The Morgan fingerprint density at radius 3 is 2.36 bits per heavy atom. The van der Waals surface area contributed by atoms with E-state index in [4.69, 9.17) is 4.74 Å². The summed E-state index contributed by atoms with van der Waals surface area (Å²) in [6, 6.07) is 9.62. The zero-order valence-electron chi connectivity index (χ0n) is 15.8. The van der Waals surface area contributed by atoms with Crippen LogP contribution >= 0.6 is 0 Å². The van der Waals surface area contributed by atoms with E-state index in [1.54, 1.807) is 19.1 Å². The molecule has 28 heavy (non-hydrogen) atoms. The molecule has 0 aromatic heterocycles. The Morgan fingerprint density at radius 2 is 1.79 bits per heavy atom. The predicted molar refractivity (Wildman–Crippen MR) is 103 cm³/mol. The van der Waals surface area contributed by atoms with E-state index in [2.05, 4.69) is 5.32 Å². The molecule has 2 rings (SSSR count). The summed E-state index contributed by atoms with van der Waals surface area (Å²) in [4.78, 5) is 12.3. The molecule has 9 heteroatoms. The van der Waals surface area contributed by atoms with Crippen LogP contribution in [0, 0.1) is 18.6 Å². The highest BCUT2D eigenvalue weighted by molar-refractivity contribution is 7.92. The Hall–Kier alpha value is -2.68. The average Bonchev–Trinajstić information content (AvgIpc) is 2.61. The lowest BCUT2D eigenvalue weighted by Crippen LogP contribution is -2.45. The van der Waals surface area contributed by atoms with Crippen molar-refractivity contribution in [3.8, 4) is 5.75 Å². The lowest BCUT2D eigenvalue weighted by atomic mass is 10.2. The molecule has 0 spiro atoms. The van der Waals surface area contributed by atoms with Gasteiger partial charge in [0.25, 0.3) is 0 Å². The number of sulfonamides is 1. The van der Waals surface area contributed by atoms with Crippen LogP contribution in [0.2, 0.25) is 0 Å². The van der Waals surface area contributed by atoms with E-state index in [-0.39, 0.29) is 12.3 Å². The number of carbonyl (C=O) groups excluding carboxylic acids is 1. The average molecular weight is 412 g/mol. The van der Waals surface area contributed by atoms with E-state index < -0.39 is 40.2 Å². The fourth-order valence-electron chi connectivity index (χ4n) is 2.39. The Labute approximate surface area is 163 Å². The molecule has 0 heterocycles. The first kappa shape index (κ1) is 21.6. The second-order valence-electron chi connectivity index (χ2n) is 6.46. The highest BCUT2D eigenvalue weighted by atomic mass is 32.2. The molecule has 2 aromatic carbocycles. The molecule has 0 aliphatic carbocycles. The van der Waals surface area contributed by atoms with Crippen molar-refractivity contribution in [1.29, 1.82) is 0 Å². The zero-order valence-corrected chi connectivity index (χ0v) is 16.6. The molecular formula is C19H22F2N2O4S. The first-order valence-corrected chi connectivity index (χ1v) is 10.3. The molecule has 1 N–H and O–H groups in total. The van der Waals surface area contributed by atoms with Crippen LogP contribution in [0.1, 0.15) is 12.5 Å². The number of amides is 1. The quantitative estimate of drug-likeness (QED) is 0.723. The van der Waals surface area contributed by atoms with E-state index in [9.17, 15) is 22.0 Å². The molecule has 2 aromatic rings. The highest BCUT2D eigenvalue weighted by Crippen LogP contribution is 2.20. The Balaban J connectivity index is 1.99. The van der Waals surface area contributed by atoms with Gasteiger partial charge in [-0.15, -0.1) is 0 Å². The van der Waals surface area contributed by atoms with Crippen LogP contribution in [0.25, 0.3) is 0 Å². The maximum absolute atomic E-state index is 13.4. The maximum Gasteiger partial charge on any atom is 0.241 e. The molecule has 0 saturated carbocycles. The minimum atomic E-state index is -3.89. The van der Waals surface area contributed by atoms with E-state index >= 15 is 0 Å². The third kappa shape index (κ3) is 6.19. The summed E-state index contributed by atoms with van der Waals surface area (Å²) >= 11 is 0. The molecule has 0 bridgehead atoms. The third-order valence-electron chi connectivity index (χ3n) is 3.81. The van der Waals surface area contributed by atoms with Crippen LogP contribution in [-0.2, 0) is 14.8 Å². The number of carbonyl (C=O) groups is 1. The number of ether oxygens (including phenoxy) is 1. The largest absolute Gasteiger partial charge is 0.491 e. The standard InChI is InChI=1S/C19H22F2N2O4S/c1-13-4-7-16(8-5-13)27-12-14(2)22-19(24)11-23(28(3,25)26)15-6-9-17(20)18(21)10-15/h4-10,14H,11-12H2,1-3H3,(H,22,24)/t14-/m1/s1. The van der Waals surface area contributed by atoms with Gasteiger partial charge in [0.1, 0.15) is 18.9 Å². The lowest BCUT2D eigenvalue weighted by Gasteiger charge is -2.23. The summed E-state index contributed by atoms with van der Waals surface area (Å²) < 4.78 is 56.8. The number of nitrogens with zero attached hydrogens (tertiary/aromatic N) is 1. The molecule has 152 valence electrons. The van der Waals surface area contributed by atoms with Crippen molar-refractivity contribution in [2.45, 2.75) is 19.9 Å². The van der Waals surface area contributed by atoms with Crippen molar-refractivity contribution < 1.29 is 26.7 Å². The van der Waals surface area contributed by atoms with Crippen LogP contribution in [-0.4, -0.2) is 39.8 Å². The topological polar surface area (TPSA) is 75.7 Å². The van der Waals surface area contributed by atoms with Gasteiger partial charge >= 0.3 is 0 Å². The Bertz CT molecular complexity index is 933. The molecule has 1 amide bonds. The summed E-state index contributed by atoms with van der Waals surface area (Å²) in [6.45, 7) is 3.26. The molecule has 0 radical (unpaired) electrons. The monoisotopic (exact) mass is 412 g/mol. The van der Waals surface area contributed by atoms with Gasteiger partial charge in [-0.2, -0.15) is 0 Å². The van der Waals surface area contributed by atoms with Crippen LogP contribution < -0.4 is 14.4 Å². The number of anilines is 1. The van der Waals surface area contributed by atoms with Gasteiger partial charge in [0, 0.05) is 6.07 Å². The first-order chi connectivity index (χ1) is 13.1. The van der Waals surface area contributed by atoms with E-state index in [1.165, 1.54) is 0 Å². The summed E-state index contributed by atoms with van der Waals surface area (Å²) in [6.07, 6.45) is 0.880. The number of rotatable bonds is 8. The van der Waals surface area contributed by atoms with E-state index in [0.29, 0.717) is 10.1 Å². The summed E-state index contributed by atoms with van der Waals surface area (Å²) in [5.74, 6) is -2.27. The van der Waals surface area contributed by atoms with Gasteiger partial charge in [-0.1, -0.05) is 17.7 Å². The zero-order chi connectivity index (χ0) is 20.9. The second-order valence-corrected chi connectivity index (χ2v) is 8.37. The van der Waals surface area contributed by atoms with Crippen molar-refractivity contribution >= 4 is 21.6 Å². The predicted octanol–water partition coefficient (Wildman–Crippen LogP) is 2.62. The maximum atomic E-state index is 13.4. The van der Waals surface area contributed by atoms with Crippen molar-refractivity contribution in [3.63, 3.8) is 0 Å². The van der Waals surface area contributed by atoms with E-state index in [1.807, 2.05) is 19.1 Å². The number of hydrogen-bond acceptors (Lipinski definition) is 4. The fraction of sp³-hybridized carbons (Fsp3) is 0.316. The highest BCUT2D eigenvalue weighted by Gasteiger charge is 2.22. The molecule has 0 aliphatic heterocycles. The molecule has 1 atom stereocenters. The summed E-state index contributed by atoms with van der Waals surface area (Å²) in [7, 11) is -3.89. The normalized spacial score (nSPS) is 12.3. The summed E-state index contributed by atoms with van der Waals surface area (Å²) in [5, 5.41) is 2.62. The molecular weight excluding hydrogens is 390 g/mol. The molecule has 0 aliphatic rings. The van der Waals surface area contributed by atoms with Gasteiger partial charge in [0.15, 0.2) is 11.6 Å². The number of benzene rings is 2. The van der Waals surface area contributed by atoms with Crippen molar-refractivity contribution in [2.24, 2.45) is 0 Å². The van der Waals surface area contributed by atoms with E-state index in [0.717, 1.165) is 30.0 Å². The minimum Gasteiger partial charge on any atom is -0.491 e. The molecule has 6 nitrogen and oxygen atoms in total. The number of nitrogens with one attached hydrogen (secondary N) is 1. The lowest BCUT2D eigenvalue weighted by molar-refractivity contribution is -0.120. The van der Waals surface area contributed by atoms with Gasteiger partial charge in [-0.25, -0.2) is 17.2 Å². The van der Waals surface area contributed by atoms with Crippen molar-refractivity contribution in [1.82, 2.24) is 5.32 Å². The SMILES string of the molecule is Cc1ccc(OC[C@@H](C)NC(=O)CN(c2ccc(F)c(F)c2)S(C)(=O)=O)cc1. The molecule has 0 unspecified atom stereocenters. The van der Waals surface area contributed by atoms with Crippen LogP contribution in [0.5, 0.6) is 5.75 Å². The van der Waals surface area contributed by atoms with Crippen LogP contribution in [0.15, 0.2) is 42.5 Å². The number of hydrogen-bond donors (Lipinski definition) is 1. The minimum absolute atomic E-state index is 0.139. The van der Waals surface area contributed by atoms with Gasteiger partial charge < -0.3 is 10.1 Å². The van der Waals surface area contributed by atoms with Crippen molar-refractivity contribution in [3.05, 3.63) is 59.7 Å². The van der Waals surface area contributed by atoms with Crippen LogP contribution in [0.3, 0.4) is 0 Å². The summed E-state index contributed by atoms with van der Waals surface area (Å²) in [5.41, 5.74) is 0.951. The Morgan fingerprint density at radius 1 is 1.14 bits per heavy atom. The van der Waals surface area contributed by atoms with Gasteiger partial charge in [0.05, 0.1) is 18.0 Å². The van der Waals surface area contributed by atoms with Gasteiger partial charge in [0.2, 0.25) is 15.9 Å². The van der Waals surface area contributed by atoms with Crippen molar-refractivity contribution in [2.75, 3.05) is 23.7 Å².